The van der Waals surface area contributed by atoms with E-state index >= 15 is 0 Å². The summed E-state index contributed by atoms with van der Waals surface area (Å²) >= 11 is 0. The monoisotopic (exact) mass is 701 g/mol. The Balaban J connectivity index is 1.56. The number of rotatable bonds is 8. The molecule has 0 aromatic heterocycles. The van der Waals surface area contributed by atoms with Gasteiger partial charge in [0.05, 0.1) is 5.92 Å². The molecule has 2 atom stereocenters. The molecule has 0 N–H and O–H groups in total. The lowest BCUT2D eigenvalue weighted by molar-refractivity contribution is 1.02. The Hall–Kier alpha value is -4.13. The van der Waals surface area contributed by atoms with E-state index in [0.29, 0.717) is 5.40 Å². The van der Waals surface area contributed by atoms with E-state index in [9.17, 15) is 0 Å². The van der Waals surface area contributed by atoms with E-state index in [0.717, 1.165) is 0 Å². The molecule has 0 aliphatic carbocycles. The van der Waals surface area contributed by atoms with Gasteiger partial charge in [-0.15, -0.1) is 0 Å². The van der Waals surface area contributed by atoms with Crippen molar-refractivity contribution < 1.29 is 0 Å². The molecule has 49 heavy (non-hydrogen) atoms. The molecule has 0 bridgehead atoms. The second-order valence-electron chi connectivity index (χ2n) is 12.3. The quantitative estimate of drug-likeness (QED) is 0.139. The molecule has 0 saturated carbocycles. The summed E-state index contributed by atoms with van der Waals surface area (Å²) in [5.41, 5.74) is 1.42. The minimum atomic E-state index is -2.29. The lowest BCUT2D eigenvalue weighted by Gasteiger charge is -2.38. The largest absolute Gasteiger partial charge is 0.139 e. The van der Waals surface area contributed by atoms with Crippen molar-refractivity contribution in [3.8, 4) is 0 Å². The number of hydrogen-bond donors (Lipinski definition) is 0. The lowest BCUT2D eigenvalue weighted by atomic mass is 10.0. The fourth-order valence-electron chi connectivity index (χ4n) is 7.63. The smallest absolute Gasteiger partial charge is 0.0622 e. The highest BCUT2D eigenvalue weighted by Crippen LogP contribution is 2.73. The third kappa shape index (κ3) is 5.63. The first-order chi connectivity index (χ1) is 24.3. The van der Waals surface area contributed by atoms with Gasteiger partial charge in [0.15, 0.2) is 0 Å². The molecule has 8 rings (SSSR count). The first kappa shape index (κ1) is 32.1. The average molecular weight is 702 g/mol. The van der Waals surface area contributed by atoms with E-state index in [-0.39, 0.29) is 5.92 Å². The molecule has 1 heterocycles. The molecule has 0 fully saturated rings. The van der Waals surface area contributed by atoms with E-state index in [1.807, 2.05) is 0 Å². The first-order valence-corrected chi connectivity index (χ1v) is 23.0. The molecule has 0 nitrogen and oxygen atoms in total. The van der Waals surface area contributed by atoms with Gasteiger partial charge >= 0.3 is 0 Å². The Labute approximate surface area is 294 Å². The molecule has 0 amide bonds. The van der Waals surface area contributed by atoms with Gasteiger partial charge in [0.25, 0.3) is 0 Å². The van der Waals surface area contributed by atoms with Gasteiger partial charge in [-0.2, -0.15) is 0 Å². The van der Waals surface area contributed by atoms with E-state index < -0.39 is 14.1 Å². The third-order valence-electron chi connectivity index (χ3n) is 9.67. The van der Waals surface area contributed by atoms with Crippen LogP contribution in [-0.2, 0) is 0 Å². The van der Waals surface area contributed by atoms with E-state index in [1.54, 1.807) is 5.03 Å². The molecule has 1 aliphatic heterocycles. The Morgan fingerprint density at radius 1 is 0.367 bits per heavy atom. The van der Waals surface area contributed by atoms with Crippen LogP contribution in [-0.4, -0.2) is 10.4 Å². The maximum Gasteiger partial charge on any atom is 0.139 e. The van der Waals surface area contributed by atoms with Gasteiger partial charge in [0.2, 0.25) is 0 Å². The van der Waals surface area contributed by atoms with Gasteiger partial charge in [-0.1, -0.05) is 176 Å². The second-order valence-corrected chi connectivity index (χ2v) is 22.7. The Morgan fingerprint density at radius 2 is 0.673 bits per heavy atom. The predicted octanol–water partition coefficient (Wildman–Crippen LogP) is 10.0. The van der Waals surface area contributed by atoms with Crippen molar-refractivity contribution in [1.82, 2.24) is 0 Å². The Kier molecular flexibility index (Phi) is 9.42. The van der Waals surface area contributed by atoms with E-state index in [2.05, 4.69) is 212 Å². The first-order valence-electron chi connectivity index (χ1n) is 16.8. The van der Waals surface area contributed by atoms with Crippen LogP contribution in [0.2, 0.25) is 0 Å². The maximum atomic E-state index is 2.41. The molecule has 1 aliphatic rings. The van der Waals surface area contributed by atoms with Gasteiger partial charge in [-0.05, 0) is 80.5 Å². The Morgan fingerprint density at radius 3 is 1.02 bits per heavy atom. The molecule has 2 unspecified atom stereocenters. The van der Waals surface area contributed by atoms with Crippen molar-refractivity contribution in [2.24, 2.45) is 0 Å². The van der Waals surface area contributed by atoms with Crippen LogP contribution in [0.3, 0.4) is 0 Å². The highest BCUT2D eigenvalue weighted by molar-refractivity contribution is 8.14. The SMILES string of the molecule is c1ccc(C2C(=P(c3ccccc3)(c3ccccc3)c3ccccc3)P=PC2[P+](c2ccccc2)(c2ccccc2)c2ccccc2)cc1. The van der Waals surface area contributed by atoms with Crippen LogP contribution >= 0.6 is 29.9 Å². The standard InChI is InChI=1S/C45H37P4/c1-8-22-36(23-9-1)43-44(48(37-24-10-2-11-25-37,38-26-12-3-13-27-38)39-28-14-4-15-29-39)46-47-45(43)49(40-30-16-5-17-31-40,41-32-18-6-19-33-41)42-34-20-7-21-35-42/h1-35,43-44H/q+1. The van der Waals surface area contributed by atoms with Crippen molar-refractivity contribution in [2.45, 2.75) is 11.3 Å². The summed E-state index contributed by atoms with van der Waals surface area (Å²) in [4.78, 5) is 0. The summed E-state index contributed by atoms with van der Waals surface area (Å²) in [6.45, 7) is -2.29. The van der Waals surface area contributed by atoms with Gasteiger partial charge in [0, 0.05) is 5.03 Å². The van der Waals surface area contributed by atoms with Crippen molar-refractivity contribution in [3.63, 3.8) is 0 Å². The highest BCUT2D eigenvalue weighted by atomic mass is 31.7. The summed E-state index contributed by atoms with van der Waals surface area (Å²) in [7, 11) is 0.630. The zero-order chi connectivity index (χ0) is 32.9. The number of benzene rings is 7. The molecule has 0 saturated heterocycles. The van der Waals surface area contributed by atoms with Crippen molar-refractivity contribution in [3.05, 3.63) is 218 Å². The third-order valence-corrected chi connectivity index (χ3v) is 24.8. The van der Waals surface area contributed by atoms with Crippen LogP contribution in [0.1, 0.15) is 11.5 Å². The van der Waals surface area contributed by atoms with Crippen LogP contribution in [0.15, 0.2) is 212 Å². The Bertz CT molecular complexity index is 2000. The van der Waals surface area contributed by atoms with Crippen LogP contribution in [0.25, 0.3) is 0 Å². The summed E-state index contributed by atoms with van der Waals surface area (Å²) in [5, 5.41) is 10.6. The van der Waals surface area contributed by atoms with E-state index in [1.165, 1.54) is 53.1 Å². The van der Waals surface area contributed by atoms with Gasteiger partial charge < -0.3 is 0 Å². The fourth-order valence-corrected chi connectivity index (χ4v) is 26.4. The maximum absolute atomic E-state index is 2.41. The van der Waals surface area contributed by atoms with Crippen LogP contribution < -0.4 is 31.8 Å². The lowest BCUT2D eigenvalue weighted by Crippen LogP contribution is -2.40. The van der Waals surface area contributed by atoms with Gasteiger partial charge in [-0.25, -0.2) is 0 Å². The predicted molar refractivity (Wildman–Crippen MR) is 222 cm³/mol. The molecule has 7 aromatic rings. The zero-order valence-electron chi connectivity index (χ0n) is 27.2. The van der Waals surface area contributed by atoms with Crippen molar-refractivity contribution >= 4 is 66.7 Å². The topological polar surface area (TPSA) is 0 Å². The molecule has 236 valence electrons. The van der Waals surface area contributed by atoms with Crippen molar-refractivity contribution in [1.29, 1.82) is 0 Å². The minimum absolute atomic E-state index is 0.215. The van der Waals surface area contributed by atoms with Gasteiger partial charge in [0.1, 0.15) is 28.6 Å². The van der Waals surface area contributed by atoms with Crippen LogP contribution in [0.5, 0.6) is 0 Å². The second kappa shape index (κ2) is 14.4. The normalized spacial score (nSPS) is 16.7. The minimum Gasteiger partial charge on any atom is -0.0622 e. The summed E-state index contributed by atoms with van der Waals surface area (Å²) < 4.78 is 0. The average Bonchev–Trinajstić information content (AvgIpc) is 3.64. The number of hydrogen-bond acceptors (Lipinski definition) is 0. The molecule has 0 spiro atoms. The fraction of sp³-hybridized carbons (Fsp3) is 0.0444. The molecule has 7 aromatic carbocycles. The summed E-state index contributed by atoms with van der Waals surface area (Å²) in [6.07, 6.45) is 0. The summed E-state index contributed by atoms with van der Waals surface area (Å²) in [6, 6.07) is 80.3. The van der Waals surface area contributed by atoms with Crippen LogP contribution in [0.4, 0.5) is 0 Å². The molecule has 4 heteroatoms. The van der Waals surface area contributed by atoms with Crippen LogP contribution in [0, 0.1) is 0 Å². The molecular weight excluding hydrogens is 664 g/mol. The van der Waals surface area contributed by atoms with Crippen molar-refractivity contribution in [2.75, 3.05) is 0 Å². The zero-order valence-corrected chi connectivity index (χ0v) is 30.7. The van der Waals surface area contributed by atoms with E-state index in [4.69, 9.17) is 0 Å². The molecular formula is C45H37P4+. The van der Waals surface area contributed by atoms with Gasteiger partial charge in [-0.3, -0.25) is 0 Å². The molecule has 0 radical (unpaired) electrons. The summed E-state index contributed by atoms with van der Waals surface area (Å²) in [5.74, 6) is 0.215. The highest BCUT2D eigenvalue weighted by Gasteiger charge is 2.58.